The SMILES string of the molecule is O=C(CSC1=NC2C=CC=CC2N1)c1ccc2[nH]c3ncc(Cl)cc3c2c1. The van der Waals surface area contributed by atoms with Crippen molar-refractivity contribution < 1.29 is 4.79 Å². The van der Waals surface area contributed by atoms with Gasteiger partial charge in [0.25, 0.3) is 0 Å². The highest BCUT2D eigenvalue weighted by Crippen LogP contribution is 2.28. The van der Waals surface area contributed by atoms with Crippen molar-refractivity contribution in [1.82, 2.24) is 15.3 Å². The lowest BCUT2D eigenvalue weighted by Gasteiger charge is -2.13. The van der Waals surface area contributed by atoms with Crippen molar-refractivity contribution in [2.75, 3.05) is 5.75 Å². The van der Waals surface area contributed by atoms with E-state index in [4.69, 9.17) is 11.6 Å². The molecule has 0 radical (unpaired) electrons. The molecule has 2 unspecified atom stereocenters. The first-order chi connectivity index (χ1) is 13.2. The number of pyridine rings is 1. The summed E-state index contributed by atoms with van der Waals surface area (Å²) < 4.78 is 0. The number of aromatic nitrogens is 2. The fourth-order valence-corrected chi connectivity index (χ4v) is 4.39. The van der Waals surface area contributed by atoms with Gasteiger partial charge >= 0.3 is 0 Å². The van der Waals surface area contributed by atoms with Gasteiger partial charge in [0.05, 0.1) is 22.9 Å². The second-order valence-corrected chi connectivity index (χ2v) is 7.91. The summed E-state index contributed by atoms with van der Waals surface area (Å²) in [4.78, 5) is 24.9. The number of Topliss-reactive ketones (excluding diaryl/α,β-unsaturated/α-hetero) is 1. The van der Waals surface area contributed by atoms with Crippen LogP contribution in [0.2, 0.25) is 5.02 Å². The lowest BCUT2D eigenvalue weighted by Crippen LogP contribution is -2.32. The Hall–Kier alpha value is -2.57. The van der Waals surface area contributed by atoms with E-state index in [1.165, 1.54) is 11.8 Å². The van der Waals surface area contributed by atoms with Gasteiger partial charge in [0.15, 0.2) is 11.0 Å². The highest BCUT2D eigenvalue weighted by atomic mass is 35.5. The Morgan fingerprint density at radius 3 is 2.96 bits per heavy atom. The molecule has 27 heavy (non-hydrogen) atoms. The first kappa shape index (κ1) is 16.6. The summed E-state index contributed by atoms with van der Waals surface area (Å²) in [6.45, 7) is 0. The van der Waals surface area contributed by atoms with Gasteiger partial charge in [-0.05, 0) is 24.3 Å². The number of thioether (sulfide) groups is 1. The molecule has 1 aliphatic heterocycles. The van der Waals surface area contributed by atoms with E-state index in [1.54, 1.807) is 6.20 Å². The van der Waals surface area contributed by atoms with E-state index < -0.39 is 0 Å². The first-order valence-electron chi connectivity index (χ1n) is 8.60. The number of fused-ring (bicyclic) bond motifs is 4. The second-order valence-electron chi connectivity index (χ2n) is 6.51. The molecule has 0 saturated carbocycles. The molecule has 0 amide bonds. The van der Waals surface area contributed by atoms with E-state index >= 15 is 0 Å². The lowest BCUT2D eigenvalue weighted by atomic mass is 10.1. The minimum atomic E-state index is 0.0664. The molecule has 0 saturated heterocycles. The van der Waals surface area contributed by atoms with E-state index in [9.17, 15) is 4.79 Å². The number of hydrogen-bond acceptors (Lipinski definition) is 5. The number of allylic oxidation sites excluding steroid dienone is 2. The van der Waals surface area contributed by atoms with E-state index in [0.717, 1.165) is 27.1 Å². The number of carbonyl (C=O) groups is 1. The van der Waals surface area contributed by atoms with Crippen LogP contribution in [-0.4, -0.2) is 38.8 Å². The maximum Gasteiger partial charge on any atom is 0.173 e. The predicted octanol–water partition coefficient (Wildman–Crippen LogP) is 4.11. The van der Waals surface area contributed by atoms with Gasteiger partial charge in [0, 0.05) is 28.0 Å². The number of aliphatic imine (C=N–C) groups is 1. The molecule has 2 aromatic heterocycles. The van der Waals surface area contributed by atoms with Gasteiger partial charge in [-0.25, -0.2) is 4.98 Å². The van der Waals surface area contributed by atoms with Crippen LogP contribution in [0.5, 0.6) is 0 Å². The van der Waals surface area contributed by atoms with Crippen molar-refractivity contribution >= 4 is 56.3 Å². The summed E-state index contributed by atoms with van der Waals surface area (Å²) in [6, 6.07) is 7.87. The van der Waals surface area contributed by atoms with Gasteiger partial charge in [-0.1, -0.05) is 47.7 Å². The van der Waals surface area contributed by atoms with Crippen LogP contribution in [0.4, 0.5) is 0 Å². The van der Waals surface area contributed by atoms with E-state index in [0.29, 0.717) is 16.3 Å². The minimum absolute atomic E-state index is 0.0664. The Morgan fingerprint density at radius 1 is 1.19 bits per heavy atom. The maximum absolute atomic E-state index is 12.7. The molecule has 5 nitrogen and oxygen atoms in total. The third kappa shape index (κ3) is 3.05. The third-order valence-electron chi connectivity index (χ3n) is 4.74. The number of nitrogens with one attached hydrogen (secondary N) is 2. The summed E-state index contributed by atoms with van der Waals surface area (Å²) in [5, 5.41) is 6.62. The molecule has 2 atom stereocenters. The number of aromatic amines is 1. The van der Waals surface area contributed by atoms with Crippen LogP contribution in [0.1, 0.15) is 10.4 Å². The predicted molar refractivity (Wildman–Crippen MR) is 112 cm³/mol. The molecule has 2 aliphatic rings. The summed E-state index contributed by atoms with van der Waals surface area (Å²) >= 11 is 7.52. The Labute approximate surface area is 164 Å². The zero-order valence-electron chi connectivity index (χ0n) is 14.1. The summed E-state index contributed by atoms with van der Waals surface area (Å²) in [5.74, 6) is 0.405. The molecule has 134 valence electrons. The normalized spacial score (nSPS) is 20.7. The lowest BCUT2D eigenvalue weighted by molar-refractivity contribution is 0.102. The molecule has 0 spiro atoms. The van der Waals surface area contributed by atoms with Crippen LogP contribution in [-0.2, 0) is 0 Å². The number of H-pyrrole nitrogens is 1. The second kappa shape index (κ2) is 6.55. The number of rotatable bonds is 3. The van der Waals surface area contributed by atoms with Gasteiger partial charge in [0.1, 0.15) is 5.65 Å². The highest BCUT2D eigenvalue weighted by molar-refractivity contribution is 8.14. The largest absolute Gasteiger partial charge is 0.356 e. The zero-order chi connectivity index (χ0) is 18.4. The number of hydrogen-bond donors (Lipinski definition) is 2. The fraction of sp³-hybridized carbons (Fsp3) is 0.150. The maximum atomic E-state index is 12.7. The Bertz CT molecular complexity index is 1160. The minimum Gasteiger partial charge on any atom is -0.356 e. The van der Waals surface area contributed by atoms with E-state index in [-0.39, 0.29) is 17.9 Å². The summed E-state index contributed by atoms with van der Waals surface area (Å²) in [5.41, 5.74) is 2.38. The summed E-state index contributed by atoms with van der Waals surface area (Å²) in [6.07, 6.45) is 9.78. The number of ketones is 1. The van der Waals surface area contributed by atoms with Gasteiger partial charge in [-0.15, -0.1) is 0 Å². The van der Waals surface area contributed by atoms with Crippen molar-refractivity contribution in [3.8, 4) is 0 Å². The first-order valence-corrected chi connectivity index (χ1v) is 9.96. The van der Waals surface area contributed by atoms with Crippen LogP contribution >= 0.6 is 23.4 Å². The van der Waals surface area contributed by atoms with Gasteiger partial charge < -0.3 is 10.3 Å². The molecule has 3 aromatic rings. The number of benzene rings is 1. The fourth-order valence-electron chi connectivity index (χ4n) is 3.38. The number of carbonyl (C=O) groups excluding carboxylic acids is 1. The topological polar surface area (TPSA) is 70.1 Å². The molecule has 2 N–H and O–H groups in total. The molecule has 1 aliphatic carbocycles. The molecular formula is C20H15ClN4OS. The number of amidine groups is 1. The van der Waals surface area contributed by atoms with Crippen LogP contribution in [0.15, 0.2) is 59.8 Å². The quantitative estimate of drug-likeness (QED) is 0.656. The molecule has 0 bridgehead atoms. The van der Waals surface area contributed by atoms with Gasteiger partial charge in [0.2, 0.25) is 0 Å². The van der Waals surface area contributed by atoms with E-state index in [2.05, 4.69) is 32.4 Å². The van der Waals surface area contributed by atoms with Crippen molar-refractivity contribution in [2.45, 2.75) is 12.1 Å². The standard InChI is InChI=1S/C20H15ClN4OS/c21-12-8-14-13-7-11(5-6-15(13)23-19(14)22-9-12)18(26)10-27-20-24-16-3-1-2-4-17(16)25-20/h1-9,16-17H,10H2,(H,22,23)(H,24,25). The Kier molecular flexibility index (Phi) is 4.02. The zero-order valence-corrected chi connectivity index (χ0v) is 15.7. The third-order valence-corrected chi connectivity index (χ3v) is 5.85. The number of nitrogens with zero attached hydrogens (tertiary/aromatic N) is 2. The molecule has 1 aromatic carbocycles. The van der Waals surface area contributed by atoms with Crippen molar-refractivity contribution in [1.29, 1.82) is 0 Å². The smallest absolute Gasteiger partial charge is 0.173 e. The van der Waals surface area contributed by atoms with Crippen LogP contribution in [0.25, 0.3) is 21.9 Å². The Balaban J connectivity index is 1.36. The van der Waals surface area contributed by atoms with Crippen molar-refractivity contribution in [3.05, 3.63) is 65.4 Å². The monoisotopic (exact) mass is 394 g/mol. The molecule has 3 heterocycles. The van der Waals surface area contributed by atoms with Gasteiger partial charge in [-0.3, -0.25) is 9.79 Å². The molecule has 0 fully saturated rings. The molecular weight excluding hydrogens is 380 g/mol. The van der Waals surface area contributed by atoms with Gasteiger partial charge in [-0.2, -0.15) is 0 Å². The highest BCUT2D eigenvalue weighted by Gasteiger charge is 2.26. The molecule has 7 heteroatoms. The van der Waals surface area contributed by atoms with Crippen molar-refractivity contribution in [3.63, 3.8) is 0 Å². The van der Waals surface area contributed by atoms with Crippen LogP contribution < -0.4 is 5.32 Å². The number of halogens is 1. The average molecular weight is 395 g/mol. The molecule has 5 rings (SSSR count). The average Bonchev–Trinajstić information content (AvgIpc) is 3.26. The Morgan fingerprint density at radius 2 is 2.07 bits per heavy atom. The van der Waals surface area contributed by atoms with E-state index in [1.807, 2.05) is 36.4 Å². The van der Waals surface area contributed by atoms with Crippen LogP contribution in [0.3, 0.4) is 0 Å². The summed E-state index contributed by atoms with van der Waals surface area (Å²) in [7, 11) is 0. The van der Waals surface area contributed by atoms with Crippen molar-refractivity contribution in [2.24, 2.45) is 4.99 Å². The van der Waals surface area contributed by atoms with Crippen LogP contribution in [0, 0.1) is 0 Å².